The molecular weight excluding hydrogens is 240 g/mol. The maximum Gasteiger partial charge on any atom is 0.111 e. The zero-order valence-electron chi connectivity index (χ0n) is 11.7. The fraction of sp³-hybridized carbons (Fsp3) is 0.786. The van der Waals surface area contributed by atoms with Crippen LogP contribution in [-0.2, 0) is 4.74 Å². The van der Waals surface area contributed by atoms with Gasteiger partial charge in [-0.25, -0.2) is 4.98 Å². The van der Waals surface area contributed by atoms with E-state index in [9.17, 15) is 0 Å². The van der Waals surface area contributed by atoms with Crippen molar-refractivity contribution in [2.45, 2.75) is 31.9 Å². The van der Waals surface area contributed by atoms with Gasteiger partial charge in [0.25, 0.3) is 0 Å². The van der Waals surface area contributed by atoms with Crippen molar-refractivity contribution in [3.8, 4) is 0 Å². The van der Waals surface area contributed by atoms with Crippen LogP contribution in [0, 0.1) is 0 Å². The summed E-state index contributed by atoms with van der Waals surface area (Å²) in [4.78, 5) is 6.88. The molecular formula is C14H24N4O. The van der Waals surface area contributed by atoms with Crippen molar-refractivity contribution in [2.75, 3.05) is 39.3 Å². The number of nitrogens with one attached hydrogen (secondary N) is 1. The van der Waals surface area contributed by atoms with E-state index in [0.717, 1.165) is 26.2 Å². The number of morpholine rings is 1. The summed E-state index contributed by atoms with van der Waals surface area (Å²) in [5, 5.41) is 3.39. The molecule has 1 N–H and O–H groups in total. The quantitative estimate of drug-likeness (QED) is 0.887. The largest absolute Gasteiger partial charge is 0.369 e. The summed E-state index contributed by atoms with van der Waals surface area (Å²) < 4.78 is 8.13. The molecule has 0 bridgehead atoms. The fourth-order valence-electron chi connectivity index (χ4n) is 3.11. The van der Waals surface area contributed by atoms with Crippen molar-refractivity contribution < 1.29 is 4.74 Å². The van der Waals surface area contributed by atoms with E-state index in [4.69, 9.17) is 4.74 Å². The van der Waals surface area contributed by atoms with Crippen molar-refractivity contribution in [3.05, 3.63) is 18.2 Å². The average Bonchev–Trinajstić information content (AvgIpc) is 3.10. The lowest BCUT2D eigenvalue weighted by Crippen LogP contribution is -2.35. The van der Waals surface area contributed by atoms with E-state index in [1.165, 1.54) is 31.6 Å². The zero-order chi connectivity index (χ0) is 13.1. The maximum atomic E-state index is 5.85. The summed E-state index contributed by atoms with van der Waals surface area (Å²) in [6.45, 7) is 8.52. The van der Waals surface area contributed by atoms with Crippen LogP contribution in [0.5, 0.6) is 0 Å². The molecule has 3 heterocycles. The first-order valence-corrected chi connectivity index (χ1v) is 7.41. The molecule has 0 spiro atoms. The molecule has 2 fully saturated rings. The number of hydrogen-bond acceptors (Lipinski definition) is 4. The maximum absolute atomic E-state index is 5.85. The Labute approximate surface area is 114 Å². The molecule has 0 saturated carbocycles. The third kappa shape index (κ3) is 2.99. The monoisotopic (exact) mass is 264 g/mol. The smallest absolute Gasteiger partial charge is 0.111 e. The minimum absolute atomic E-state index is 0.150. The SMILES string of the molecule is CC(CN1CCCC1)n1cncc1C1CNCCO1. The van der Waals surface area contributed by atoms with Gasteiger partial charge in [-0.05, 0) is 32.9 Å². The van der Waals surface area contributed by atoms with Crippen LogP contribution in [0.2, 0.25) is 0 Å². The number of rotatable bonds is 4. The summed E-state index contributed by atoms with van der Waals surface area (Å²) in [6.07, 6.45) is 6.75. The van der Waals surface area contributed by atoms with E-state index < -0.39 is 0 Å². The molecule has 5 nitrogen and oxygen atoms in total. The lowest BCUT2D eigenvalue weighted by Gasteiger charge is -2.28. The van der Waals surface area contributed by atoms with Crippen LogP contribution in [0.1, 0.15) is 37.6 Å². The molecule has 106 valence electrons. The second-order valence-electron chi connectivity index (χ2n) is 5.65. The molecule has 2 unspecified atom stereocenters. The predicted octanol–water partition coefficient (Wildman–Crippen LogP) is 1.20. The summed E-state index contributed by atoms with van der Waals surface area (Å²) in [7, 11) is 0. The van der Waals surface area contributed by atoms with E-state index >= 15 is 0 Å². The average molecular weight is 264 g/mol. The van der Waals surface area contributed by atoms with Gasteiger partial charge < -0.3 is 19.5 Å². The Morgan fingerprint density at radius 1 is 1.47 bits per heavy atom. The van der Waals surface area contributed by atoms with Gasteiger partial charge in [-0.2, -0.15) is 0 Å². The van der Waals surface area contributed by atoms with Gasteiger partial charge in [0.2, 0.25) is 0 Å². The highest BCUT2D eigenvalue weighted by Gasteiger charge is 2.23. The van der Waals surface area contributed by atoms with Gasteiger partial charge in [0, 0.05) is 25.7 Å². The highest BCUT2D eigenvalue weighted by Crippen LogP contribution is 2.23. The van der Waals surface area contributed by atoms with E-state index in [2.05, 4.69) is 26.7 Å². The number of hydrogen-bond donors (Lipinski definition) is 1. The van der Waals surface area contributed by atoms with Gasteiger partial charge in [0.05, 0.1) is 24.8 Å². The van der Waals surface area contributed by atoms with Crippen LogP contribution in [0.4, 0.5) is 0 Å². The van der Waals surface area contributed by atoms with Gasteiger partial charge in [0.1, 0.15) is 6.10 Å². The summed E-state index contributed by atoms with van der Waals surface area (Å²) in [6, 6.07) is 0.459. The Kier molecular flexibility index (Phi) is 4.15. The second kappa shape index (κ2) is 6.03. The minimum atomic E-state index is 0.150. The summed E-state index contributed by atoms with van der Waals surface area (Å²) in [5.74, 6) is 0. The van der Waals surface area contributed by atoms with E-state index in [0.29, 0.717) is 6.04 Å². The molecule has 2 saturated heterocycles. The lowest BCUT2D eigenvalue weighted by atomic mass is 10.2. The molecule has 1 aromatic rings. The highest BCUT2D eigenvalue weighted by atomic mass is 16.5. The van der Waals surface area contributed by atoms with Crippen LogP contribution in [-0.4, -0.2) is 53.8 Å². The molecule has 0 radical (unpaired) electrons. The molecule has 2 aliphatic rings. The van der Waals surface area contributed by atoms with Gasteiger partial charge in [-0.15, -0.1) is 0 Å². The predicted molar refractivity (Wildman–Crippen MR) is 74.2 cm³/mol. The molecule has 1 aromatic heterocycles. The number of imidazole rings is 1. The van der Waals surface area contributed by atoms with Crippen molar-refractivity contribution in [3.63, 3.8) is 0 Å². The normalized spacial score (nSPS) is 26.7. The van der Waals surface area contributed by atoms with Gasteiger partial charge >= 0.3 is 0 Å². The zero-order valence-corrected chi connectivity index (χ0v) is 11.7. The molecule has 3 rings (SSSR count). The minimum Gasteiger partial charge on any atom is -0.369 e. The number of aromatic nitrogens is 2. The van der Waals surface area contributed by atoms with Crippen LogP contribution in [0.3, 0.4) is 0 Å². The van der Waals surface area contributed by atoms with Crippen LogP contribution >= 0.6 is 0 Å². The third-order valence-electron chi connectivity index (χ3n) is 4.15. The molecule has 0 aliphatic carbocycles. The Morgan fingerprint density at radius 2 is 2.32 bits per heavy atom. The molecule has 0 aromatic carbocycles. The molecule has 19 heavy (non-hydrogen) atoms. The van der Waals surface area contributed by atoms with Gasteiger partial charge in [-0.3, -0.25) is 0 Å². The number of ether oxygens (including phenoxy) is 1. The van der Waals surface area contributed by atoms with Gasteiger partial charge in [-0.1, -0.05) is 0 Å². The topological polar surface area (TPSA) is 42.3 Å². The van der Waals surface area contributed by atoms with E-state index in [-0.39, 0.29) is 6.10 Å². The second-order valence-corrected chi connectivity index (χ2v) is 5.65. The third-order valence-corrected chi connectivity index (χ3v) is 4.15. The van der Waals surface area contributed by atoms with Crippen LogP contribution in [0.25, 0.3) is 0 Å². The number of likely N-dealkylation sites (tertiary alicyclic amines) is 1. The first-order chi connectivity index (χ1) is 9.34. The fourth-order valence-corrected chi connectivity index (χ4v) is 3.11. The molecule has 2 atom stereocenters. The Hall–Kier alpha value is -0.910. The molecule has 5 heteroatoms. The van der Waals surface area contributed by atoms with Gasteiger partial charge in [0.15, 0.2) is 0 Å². The first-order valence-electron chi connectivity index (χ1n) is 7.41. The van der Waals surface area contributed by atoms with Crippen molar-refractivity contribution in [1.82, 2.24) is 19.8 Å². The Balaban J connectivity index is 1.67. The Morgan fingerprint density at radius 3 is 3.05 bits per heavy atom. The lowest BCUT2D eigenvalue weighted by molar-refractivity contribution is 0.0217. The summed E-state index contributed by atoms with van der Waals surface area (Å²) in [5.41, 5.74) is 1.21. The first kappa shape index (κ1) is 13.1. The Bertz CT molecular complexity index is 394. The van der Waals surface area contributed by atoms with Crippen molar-refractivity contribution in [2.24, 2.45) is 0 Å². The highest BCUT2D eigenvalue weighted by molar-refractivity contribution is 5.06. The molecule has 0 amide bonds. The number of nitrogens with zero attached hydrogens (tertiary/aromatic N) is 3. The standard InChI is InChI=1S/C14H24N4O/c1-12(10-17-5-2-3-6-17)18-11-16-8-13(18)14-9-15-4-7-19-14/h8,11-12,14-15H,2-7,9-10H2,1H3. The van der Waals surface area contributed by atoms with Crippen LogP contribution in [0.15, 0.2) is 12.5 Å². The van der Waals surface area contributed by atoms with E-state index in [1.54, 1.807) is 0 Å². The van der Waals surface area contributed by atoms with E-state index in [1.807, 2.05) is 12.5 Å². The summed E-state index contributed by atoms with van der Waals surface area (Å²) >= 11 is 0. The van der Waals surface area contributed by atoms with Crippen LogP contribution < -0.4 is 5.32 Å². The molecule has 2 aliphatic heterocycles. The van der Waals surface area contributed by atoms with Crippen molar-refractivity contribution >= 4 is 0 Å². The van der Waals surface area contributed by atoms with Crippen molar-refractivity contribution in [1.29, 1.82) is 0 Å².